The number of anilines is 2. The number of aromatic hydroxyl groups is 1. The number of rotatable bonds is 3. The molecule has 2 aromatic rings. The van der Waals surface area contributed by atoms with Gasteiger partial charge in [-0.05, 0) is 36.4 Å². The second-order valence-electron chi connectivity index (χ2n) is 4.23. The number of phenolic OH excluding ortho intramolecular Hbond substituents is 1. The lowest BCUT2D eigenvalue weighted by Gasteiger charge is -2.09. The van der Waals surface area contributed by atoms with Crippen LogP contribution in [0.4, 0.5) is 11.4 Å². The van der Waals surface area contributed by atoms with E-state index in [1.165, 1.54) is 36.4 Å². The van der Waals surface area contributed by atoms with E-state index in [9.17, 15) is 14.7 Å². The number of nitrogens with two attached hydrogens (primary N) is 1. The van der Waals surface area contributed by atoms with E-state index < -0.39 is 11.9 Å². The zero-order chi connectivity index (χ0) is 15.6. The smallest absolute Gasteiger partial charge is 0.337 e. The van der Waals surface area contributed by atoms with Crippen LogP contribution in [-0.2, 0) is 0 Å². The SMILES string of the molecule is Nc1ccc(NC(=O)c2ccc(O)c(Cl)c2)c(C(=O)O)c1. The Morgan fingerprint density at radius 1 is 1.14 bits per heavy atom. The number of benzene rings is 2. The van der Waals surface area contributed by atoms with Gasteiger partial charge < -0.3 is 21.3 Å². The minimum atomic E-state index is -1.21. The average molecular weight is 307 g/mol. The molecule has 0 aliphatic rings. The van der Waals surface area contributed by atoms with E-state index >= 15 is 0 Å². The Morgan fingerprint density at radius 3 is 2.48 bits per heavy atom. The summed E-state index contributed by atoms with van der Waals surface area (Å²) in [6.07, 6.45) is 0. The van der Waals surface area contributed by atoms with Crippen molar-refractivity contribution in [3.63, 3.8) is 0 Å². The van der Waals surface area contributed by atoms with Gasteiger partial charge in [0.2, 0.25) is 0 Å². The Labute approximate surface area is 124 Å². The third kappa shape index (κ3) is 3.24. The molecule has 21 heavy (non-hydrogen) atoms. The molecule has 7 heteroatoms. The zero-order valence-corrected chi connectivity index (χ0v) is 11.4. The standard InChI is InChI=1S/C14H11ClN2O4/c15-10-5-7(1-4-12(10)18)13(19)17-11-3-2-8(16)6-9(11)14(20)21/h1-6,18H,16H2,(H,17,19)(H,20,21). The number of carboxylic acid groups (broad SMARTS) is 1. The minimum Gasteiger partial charge on any atom is -0.506 e. The molecule has 0 unspecified atom stereocenters. The highest BCUT2D eigenvalue weighted by molar-refractivity contribution is 6.32. The molecule has 2 rings (SSSR count). The number of carbonyl (C=O) groups excluding carboxylic acids is 1. The molecule has 0 spiro atoms. The molecule has 0 heterocycles. The van der Waals surface area contributed by atoms with Gasteiger partial charge in [-0.25, -0.2) is 4.79 Å². The number of nitrogens with one attached hydrogen (secondary N) is 1. The first-order valence-corrected chi connectivity index (χ1v) is 6.19. The molecule has 0 aromatic heterocycles. The van der Waals surface area contributed by atoms with Crippen molar-refractivity contribution < 1.29 is 19.8 Å². The maximum Gasteiger partial charge on any atom is 0.337 e. The summed E-state index contributed by atoms with van der Waals surface area (Å²) < 4.78 is 0. The van der Waals surface area contributed by atoms with Gasteiger partial charge in [0.15, 0.2) is 0 Å². The number of carboxylic acids is 1. The number of nitrogen functional groups attached to an aromatic ring is 1. The van der Waals surface area contributed by atoms with Gasteiger partial charge in [-0.1, -0.05) is 11.6 Å². The summed E-state index contributed by atoms with van der Waals surface area (Å²) in [5.41, 5.74) is 5.98. The van der Waals surface area contributed by atoms with E-state index in [1.54, 1.807) is 0 Å². The molecule has 0 saturated carbocycles. The second-order valence-corrected chi connectivity index (χ2v) is 4.64. The monoisotopic (exact) mass is 306 g/mol. The third-order valence-electron chi connectivity index (χ3n) is 2.73. The first kappa shape index (κ1) is 14.7. The number of carbonyl (C=O) groups is 2. The zero-order valence-electron chi connectivity index (χ0n) is 10.6. The van der Waals surface area contributed by atoms with E-state index in [-0.39, 0.29) is 33.3 Å². The predicted molar refractivity (Wildman–Crippen MR) is 78.9 cm³/mol. The summed E-state index contributed by atoms with van der Waals surface area (Å²) in [6, 6.07) is 8.06. The lowest BCUT2D eigenvalue weighted by atomic mass is 10.1. The Bertz CT molecular complexity index is 731. The molecule has 0 atom stereocenters. The van der Waals surface area contributed by atoms with Gasteiger partial charge in [0.05, 0.1) is 16.3 Å². The molecule has 0 fully saturated rings. The van der Waals surface area contributed by atoms with Crippen LogP contribution < -0.4 is 11.1 Å². The van der Waals surface area contributed by atoms with Crippen LogP contribution in [0.3, 0.4) is 0 Å². The first-order valence-electron chi connectivity index (χ1n) is 5.81. The Balaban J connectivity index is 2.31. The van der Waals surface area contributed by atoms with Crippen molar-refractivity contribution in [1.82, 2.24) is 0 Å². The summed E-state index contributed by atoms with van der Waals surface area (Å²) in [5.74, 6) is -1.91. The fourth-order valence-corrected chi connectivity index (χ4v) is 1.87. The molecule has 5 N–H and O–H groups in total. The molecule has 0 saturated heterocycles. The van der Waals surface area contributed by atoms with Crippen molar-refractivity contribution in [2.45, 2.75) is 0 Å². The van der Waals surface area contributed by atoms with Gasteiger partial charge in [0.25, 0.3) is 5.91 Å². The van der Waals surface area contributed by atoms with Gasteiger partial charge in [0.1, 0.15) is 5.75 Å². The topological polar surface area (TPSA) is 113 Å². The highest BCUT2D eigenvalue weighted by Gasteiger charge is 2.14. The fraction of sp³-hybridized carbons (Fsp3) is 0. The summed E-state index contributed by atoms with van der Waals surface area (Å²) in [6.45, 7) is 0. The first-order chi connectivity index (χ1) is 9.88. The largest absolute Gasteiger partial charge is 0.506 e. The fourth-order valence-electron chi connectivity index (χ4n) is 1.69. The van der Waals surface area contributed by atoms with Gasteiger partial charge >= 0.3 is 5.97 Å². The van der Waals surface area contributed by atoms with E-state index in [1.807, 2.05) is 0 Å². The van der Waals surface area contributed by atoms with Crippen LogP contribution in [0.25, 0.3) is 0 Å². The van der Waals surface area contributed by atoms with E-state index in [2.05, 4.69) is 5.32 Å². The van der Waals surface area contributed by atoms with E-state index in [0.29, 0.717) is 0 Å². The quantitative estimate of drug-likeness (QED) is 0.651. The summed E-state index contributed by atoms with van der Waals surface area (Å²) >= 11 is 5.72. The summed E-state index contributed by atoms with van der Waals surface area (Å²) in [7, 11) is 0. The minimum absolute atomic E-state index is 0.0263. The third-order valence-corrected chi connectivity index (χ3v) is 3.03. The lowest BCUT2D eigenvalue weighted by Crippen LogP contribution is -2.15. The van der Waals surface area contributed by atoms with Crippen molar-refractivity contribution in [2.24, 2.45) is 0 Å². The maximum atomic E-state index is 12.1. The molecule has 0 aliphatic carbocycles. The van der Waals surface area contributed by atoms with Crippen LogP contribution >= 0.6 is 11.6 Å². The summed E-state index contributed by atoms with van der Waals surface area (Å²) in [5, 5.41) is 20.9. The molecular weight excluding hydrogens is 296 g/mol. The van der Waals surface area contributed by atoms with E-state index in [4.69, 9.17) is 22.4 Å². The number of amides is 1. The Hall–Kier alpha value is -2.73. The van der Waals surface area contributed by atoms with Crippen molar-refractivity contribution in [2.75, 3.05) is 11.1 Å². The predicted octanol–water partition coefficient (Wildman–Crippen LogP) is 2.58. The van der Waals surface area contributed by atoms with Gasteiger partial charge in [-0.3, -0.25) is 4.79 Å². The molecule has 108 valence electrons. The van der Waals surface area contributed by atoms with Gasteiger partial charge in [-0.15, -0.1) is 0 Å². The molecule has 6 nitrogen and oxygen atoms in total. The molecule has 1 amide bonds. The number of phenols is 1. The van der Waals surface area contributed by atoms with Crippen LogP contribution in [0.1, 0.15) is 20.7 Å². The van der Waals surface area contributed by atoms with E-state index in [0.717, 1.165) is 0 Å². The van der Waals surface area contributed by atoms with Crippen molar-refractivity contribution in [3.05, 3.63) is 52.5 Å². The Kier molecular flexibility index (Phi) is 4.00. The molecule has 0 radical (unpaired) electrons. The van der Waals surface area contributed by atoms with Crippen LogP contribution in [0.15, 0.2) is 36.4 Å². The van der Waals surface area contributed by atoms with Crippen molar-refractivity contribution >= 4 is 34.9 Å². The van der Waals surface area contributed by atoms with Gasteiger partial charge in [0, 0.05) is 11.3 Å². The number of hydrogen-bond acceptors (Lipinski definition) is 4. The average Bonchev–Trinajstić information content (AvgIpc) is 2.43. The molecule has 2 aromatic carbocycles. The molecule has 0 bridgehead atoms. The highest BCUT2D eigenvalue weighted by Crippen LogP contribution is 2.25. The van der Waals surface area contributed by atoms with Crippen LogP contribution in [-0.4, -0.2) is 22.1 Å². The number of hydrogen-bond donors (Lipinski definition) is 4. The van der Waals surface area contributed by atoms with Crippen LogP contribution in [0.5, 0.6) is 5.75 Å². The molecular formula is C14H11ClN2O4. The van der Waals surface area contributed by atoms with Gasteiger partial charge in [-0.2, -0.15) is 0 Å². The van der Waals surface area contributed by atoms with Crippen LogP contribution in [0.2, 0.25) is 5.02 Å². The maximum absolute atomic E-state index is 12.1. The summed E-state index contributed by atoms with van der Waals surface area (Å²) in [4.78, 5) is 23.2. The van der Waals surface area contributed by atoms with Crippen molar-refractivity contribution in [3.8, 4) is 5.75 Å². The van der Waals surface area contributed by atoms with Crippen LogP contribution in [0, 0.1) is 0 Å². The normalized spacial score (nSPS) is 10.1. The second kappa shape index (κ2) is 5.72. The highest BCUT2D eigenvalue weighted by atomic mass is 35.5. The number of aromatic carboxylic acids is 1. The molecule has 0 aliphatic heterocycles. The van der Waals surface area contributed by atoms with Crippen molar-refractivity contribution in [1.29, 1.82) is 0 Å². The Morgan fingerprint density at radius 2 is 1.86 bits per heavy atom. The number of halogens is 1. The lowest BCUT2D eigenvalue weighted by molar-refractivity contribution is 0.0698.